The minimum Gasteiger partial charge on any atom is -0.376 e. The van der Waals surface area contributed by atoms with Gasteiger partial charge >= 0.3 is 0 Å². The van der Waals surface area contributed by atoms with Crippen LogP contribution in [0, 0.1) is 27.7 Å². The SMILES string of the molecule is Cc1ccc(C(O)(c2ccc(C)cc2)c2ccsc2-c2ccc3c(c2)C(C)(C)c2cc4c(cc2-3)C(C)(C)c2cc(-c3sccc3C(O)(c3ccc(C)cc3)c3ccc(C)cc3)ccc2-4)cc1. The molecule has 2 heterocycles. The van der Waals surface area contributed by atoms with E-state index in [0.717, 1.165) is 76.5 Å². The van der Waals surface area contributed by atoms with Gasteiger partial charge in [0, 0.05) is 31.7 Å². The molecule has 2 aliphatic rings. The van der Waals surface area contributed by atoms with E-state index in [1.807, 2.05) is 0 Å². The standard InChI is InChI=1S/C62H54O2S2/c1-37-9-19-43(20-10-37)61(63,44-21-11-38(2)12-22-44)51-29-31-65-57(51)41-17-27-47-49-35-56-50(36-55(49)59(5,6)53(47)33-41)48-28-18-42(34-54(48)60(56,7)8)58-52(30-32-66-58)62(64,45-23-13-39(3)14-24-45)46-25-15-40(4)16-26-46/h9-36,63-64H,1-8H3. The van der Waals surface area contributed by atoms with E-state index in [1.165, 1.54) is 44.5 Å². The van der Waals surface area contributed by atoms with Crippen LogP contribution in [0.15, 0.2) is 168 Å². The van der Waals surface area contributed by atoms with E-state index >= 15 is 0 Å². The molecule has 326 valence electrons. The van der Waals surface area contributed by atoms with Crippen LogP contribution >= 0.6 is 22.7 Å². The quantitative estimate of drug-likeness (QED) is 0.160. The second-order valence-corrected chi connectivity index (χ2v) is 21.8. The third-order valence-corrected chi connectivity index (χ3v) is 16.9. The van der Waals surface area contributed by atoms with Gasteiger partial charge < -0.3 is 10.2 Å². The summed E-state index contributed by atoms with van der Waals surface area (Å²) in [6, 6.07) is 56.3. The van der Waals surface area contributed by atoms with Crippen LogP contribution in [0.5, 0.6) is 0 Å². The first kappa shape index (κ1) is 42.5. The molecule has 2 N–H and O–H groups in total. The van der Waals surface area contributed by atoms with Gasteiger partial charge in [-0.3, -0.25) is 0 Å². The van der Waals surface area contributed by atoms with E-state index < -0.39 is 11.2 Å². The van der Waals surface area contributed by atoms with Gasteiger partial charge in [-0.1, -0.05) is 171 Å². The first-order valence-electron chi connectivity index (χ1n) is 23.0. The van der Waals surface area contributed by atoms with Crippen molar-refractivity contribution in [3.63, 3.8) is 0 Å². The maximum atomic E-state index is 13.0. The molecule has 4 heteroatoms. The normalized spacial score (nSPS) is 14.5. The summed E-state index contributed by atoms with van der Waals surface area (Å²) in [6.07, 6.45) is 0. The Balaban J connectivity index is 0.980. The molecule has 9 aromatic rings. The summed E-state index contributed by atoms with van der Waals surface area (Å²) in [5.41, 5.74) is 19.4. The number of hydrogen-bond acceptors (Lipinski definition) is 4. The minimum absolute atomic E-state index is 0.257. The summed E-state index contributed by atoms with van der Waals surface area (Å²) in [6.45, 7) is 17.8. The van der Waals surface area contributed by atoms with Gasteiger partial charge in [-0.25, -0.2) is 0 Å². The molecule has 0 aliphatic heterocycles. The summed E-state index contributed by atoms with van der Waals surface area (Å²) < 4.78 is 0. The van der Waals surface area contributed by atoms with Gasteiger partial charge in [0.2, 0.25) is 0 Å². The Bertz CT molecular complexity index is 3020. The van der Waals surface area contributed by atoms with Crippen molar-refractivity contribution in [2.75, 3.05) is 0 Å². The van der Waals surface area contributed by atoms with Gasteiger partial charge in [0.1, 0.15) is 11.2 Å². The second kappa shape index (κ2) is 15.2. The van der Waals surface area contributed by atoms with E-state index in [0.29, 0.717) is 0 Å². The fourth-order valence-corrected chi connectivity index (χ4v) is 12.9. The van der Waals surface area contributed by atoms with E-state index in [4.69, 9.17) is 0 Å². The van der Waals surface area contributed by atoms with Crippen molar-refractivity contribution in [3.8, 4) is 43.1 Å². The van der Waals surface area contributed by atoms with Crippen LogP contribution in [-0.4, -0.2) is 10.2 Å². The van der Waals surface area contributed by atoms with Gasteiger partial charge in [-0.05, 0) is 153 Å². The molecule has 0 radical (unpaired) electrons. The topological polar surface area (TPSA) is 40.5 Å². The average molecular weight is 895 g/mol. The molecule has 0 amide bonds. The highest BCUT2D eigenvalue weighted by atomic mass is 32.1. The predicted octanol–water partition coefficient (Wildman–Crippen LogP) is 15.6. The Labute approximate surface area is 397 Å². The third-order valence-electron chi connectivity index (χ3n) is 15.0. The molecule has 7 aromatic carbocycles. The molecular formula is C62H54O2S2. The number of rotatable bonds is 8. The van der Waals surface area contributed by atoms with Crippen molar-refractivity contribution in [2.45, 2.75) is 77.4 Å². The van der Waals surface area contributed by atoms with Gasteiger partial charge in [-0.2, -0.15) is 0 Å². The first-order chi connectivity index (χ1) is 31.6. The van der Waals surface area contributed by atoms with E-state index in [2.05, 4.69) is 224 Å². The van der Waals surface area contributed by atoms with E-state index in [1.54, 1.807) is 22.7 Å². The maximum Gasteiger partial charge on any atom is 0.141 e. The summed E-state index contributed by atoms with van der Waals surface area (Å²) >= 11 is 3.38. The van der Waals surface area contributed by atoms with Crippen molar-refractivity contribution < 1.29 is 10.2 Å². The Morgan fingerprint density at radius 1 is 0.348 bits per heavy atom. The molecule has 0 fully saturated rings. The monoisotopic (exact) mass is 894 g/mol. The van der Waals surface area contributed by atoms with Gasteiger partial charge in [0.05, 0.1) is 0 Å². The minimum atomic E-state index is -1.33. The van der Waals surface area contributed by atoms with Crippen LogP contribution in [0.1, 0.15) is 106 Å². The van der Waals surface area contributed by atoms with Gasteiger partial charge in [0.25, 0.3) is 0 Å². The summed E-state index contributed by atoms with van der Waals surface area (Å²) in [4.78, 5) is 2.15. The van der Waals surface area contributed by atoms with Crippen molar-refractivity contribution in [3.05, 3.63) is 246 Å². The maximum absolute atomic E-state index is 13.0. The number of hydrogen-bond donors (Lipinski definition) is 2. The number of aliphatic hydroxyl groups is 2. The Morgan fingerprint density at radius 3 is 0.939 bits per heavy atom. The molecule has 2 aromatic heterocycles. The molecule has 0 unspecified atom stereocenters. The molecule has 0 atom stereocenters. The zero-order chi connectivity index (χ0) is 45.9. The van der Waals surface area contributed by atoms with Crippen molar-refractivity contribution >= 4 is 22.7 Å². The van der Waals surface area contributed by atoms with Crippen LogP contribution in [0.3, 0.4) is 0 Å². The van der Waals surface area contributed by atoms with Gasteiger partial charge in [-0.15, -0.1) is 22.7 Å². The molecule has 11 rings (SSSR count). The fourth-order valence-electron chi connectivity index (χ4n) is 11.0. The zero-order valence-corrected chi connectivity index (χ0v) is 40.5. The van der Waals surface area contributed by atoms with Crippen LogP contribution in [0.2, 0.25) is 0 Å². The Kier molecular flexibility index (Phi) is 9.79. The molecule has 0 spiro atoms. The summed E-state index contributed by atoms with van der Waals surface area (Å²) in [5.74, 6) is 0. The summed E-state index contributed by atoms with van der Waals surface area (Å²) in [5, 5.41) is 30.3. The molecule has 2 nitrogen and oxygen atoms in total. The lowest BCUT2D eigenvalue weighted by Crippen LogP contribution is -2.29. The third kappa shape index (κ3) is 6.33. The second-order valence-electron chi connectivity index (χ2n) is 19.9. The predicted molar refractivity (Wildman–Crippen MR) is 277 cm³/mol. The smallest absolute Gasteiger partial charge is 0.141 e. The fraction of sp³-hybridized carbons (Fsp3) is 0.194. The number of thiophene rings is 2. The Hall–Kier alpha value is -6.14. The average Bonchev–Trinajstić information content (AvgIpc) is 4.10. The number of fused-ring (bicyclic) bond motifs is 6. The summed E-state index contributed by atoms with van der Waals surface area (Å²) in [7, 11) is 0. The van der Waals surface area contributed by atoms with Crippen LogP contribution in [0.25, 0.3) is 43.1 Å². The van der Waals surface area contributed by atoms with E-state index in [-0.39, 0.29) is 10.8 Å². The van der Waals surface area contributed by atoms with Gasteiger partial charge in [0.15, 0.2) is 0 Å². The molecule has 66 heavy (non-hydrogen) atoms. The molecule has 2 aliphatic carbocycles. The number of aryl methyl sites for hydroxylation is 4. The largest absolute Gasteiger partial charge is 0.376 e. The lowest BCUT2D eigenvalue weighted by molar-refractivity contribution is 0.126. The first-order valence-corrected chi connectivity index (χ1v) is 24.7. The lowest BCUT2D eigenvalue weighted by Gasteiger charge is -2.31. The Morgan fingerprint density at radius 2 is 0.636 bits per heavy atom. The highest BCUT2D eigenvalue weighted by molar-refractivity contribution is 7.14. The highest BCUT2D eigenvalue weighted by Crippen LogP contribution is 2.58. The number of benzene rings is 7. The molecule has 0 saturated carbocycles. The van der Waals surface area contributed by atoms with E-state index in [9.17, 15) is 10.2 Å². The zero-order valence-electron chi connectivity index (χ0n) is 38.9. The van der Waals surface area contributed by atoms with Crippen molar-refractivity contribution in [2.24, 2.45) is 0 Å². The molecule has 0 bridgehead atoms. The molecule has 0 saturated heterocycles. The van der Waals surface area contributed by atoms with Crippen LogP contribution in [-0.2, 0) is 22.0 Å². The molecular weight excluding hydrogens is 841 g/mol. The highest BCUT2D eigenvalue weighted by Gasteiger charge is 2.44. The van der Waals surface area contributed by atoms with Crippen LogP contribution in [0.4, 0.5) is 0 Å². The van der Waals surface area contributed by atoms with Crippen molar-refractivity contribution in [1.82, 2.24) is 0 Å². The van der Waals surface area contributed by atoms with Crippen LogP contribution < -0.4 is 0 Å². The van der Waals surface area contributed by atoms with Crippen molar-refractivity contribution in [1.29, 1.82) is 0 Å². The lowest BCUT2D eigenvalue weighted by atomic mass is 9.78.